The van der Waals surface area contributed by atoms with E-state index in [1.54, 1.807) is 29.3 Å². The molecule has 1 heterocycles. The predicted octanol–water partition coefficient (Wildman–Crippen LogP) is 5.23. The third-order valence-electron chi connectivity index (χ3n) is 6.08. The van der Waals surface area contributed by atoms with Gasteiger partial charge in [0.25, 0.3) is 5.91 Å². The van der Waals surface area contributed by atoms with Gasteiger partial charge in [-0.15, -0.1) is 0 Å². The summed E-state index contributed by atoms with van der Waals surface area (Å²) in [6, 6.07) is 14.9. The predicted molar refractivity (Wildman–Crippen MR) is 126 cm³/mol. The first-order valence-electron chi connectivity index (χ1n) is 10.8. The Hall–Kier alpha value is -2.76. The Balaban J connectivity index is 1.45. The quantitative estimate of drug-likeness (QED) is 0.532. The van der Waals surface area contributed by atoms with Gasteiger partial charge in [-0.1, -0.05) is 41.9 Å². The monoisotopic (exact) mass is 451 g/mol. The number of carbonyl (C=O) groups is 1. The van der Waals surface area contributed by atoms with Gasteiger partial charge in [0.1, 0.15) is 11.5 Å². The number of pyridine rings is 1. The van der Waals surface area contributed by atoms with Crippen molar-refractivity contribution >= 4 is 17.5 Å². The summed E-state index contributed by atoms with van der Waals surface area (Å²) in [5, 5.41) is 0.0816. The van der Waals surface area contributed by atoms with E-state index in [1.165, 1.54) is 28.8 Å². The van der Waals surface area contributed by atoms with E-state index in [1.807, 2.05) is 7.05 Å². The Morgan fingerprint density at radius 3 is 2.53 bits per heavy atom. The van der Waals surface area contributed by atoms with Crippen LogP contribution in [-0.4, -0.2) is 47.9 Å². The summed E-state index contributed by atoms with van der Waals surface area (Å²) in [7, 11) is 6.00. The third kappa shape index (κ3) is 4.84. The maximum Gasteiger partial charge on any atom is 0.272 e. The smallest absolute Gasteiger partial charge is 0.272 e. The van der Waals surface area contributed by atoms with Gasteiger partial charge in [0.2, 0.25) is 0 Å². The van der Waals surface area contributed by atoms with E-state index in [0.29, 0.717) is 11.3 Å². The Morgan fingerprint density at radius 2 is 1.84 bits per heavy atom. The number of rotatable bonds is 5. The molecule has 1 aliphatic carbocycles. The lowest BCUT2D eigenvalue weighted by molar-refractivity contribution is 0.0713. The van der Waals surface area contributed by atoms with Crippen molar-refractivity contribution in [1.29, 1.82) is 0 Å². The number of amides is 1. The minimum atomic E-state index is -0.476. The molecule has 3 aromatic rings. The van der Waals surface area contributed by atoms with Gasteiger partial charge in [-0.25, -0.2) is 4.39 Å². The zero-order valence-electron chi connectivity index (χ0n) is 18.6. The first kappa shape index (κ1) is 22.4. The van der Waals surface area contributed by atoms with Crippen LogP contribution < -0.4 is 0 Å². The molecule has 32 heavy (non-hydrogen) atoms. The average Bonchev–Trinajstić information content (AvgIpc) is 2.79. The fraction of sp³-hybridized carbons (Fsp3) is 0.308. The number of benzene rings is 2. The molecular weight excluding hydrogens is 425 g/mol. The summed E-state index contributed by atoms with van der Waals surface area (Å²) in [5.74, 6) is -0.577. The van der Waals surface area contributed by atoms with Crippen LogP contribution >= 0.6 is 11.6 Å². The van der Waals surface area contributed by atoms with Crippen LogP contribution in [0.25, 0.3) is 11.1 Å². The van der Waals surface area contributed by atoms with Gasteiger partial charge in [0.05, 0.1) is 5.02 Å². The second-order valence-electron chi connectivity index (χ2n) is 8.71. The Labute approximate surface area is 193 Å². The zero-order valence-corrected chi connectivity index (χ0v) is 19.4. The molecule has 1 atom stereocenters. The van der Waals surface area contributed by atoms with E-state index in [4.69, 9.17) is 11.6 Å². The number of nitrogens with zero attached hydrogens (tertiary/aromatic N) is 3. The standard InChI is InChI=1S/C26H27ClFN3O/c1-30(2)16-17-4-5-19-13-22(9-6-18(19)12-17)31(3)26(32)25-11-8-21(15-29-25)20-7-10-23(27)24(28)14-20/h4-5,7-8,10-12,14-15,22H,6,9,13,16H2,1-3H3. The van der Waals surface area contributed by atoms with Crippen LogP contribution in [0, 0.1) is 5.82 Å². The zero-order chi connectivity index (χ0) is 22.8. The molecule has 4 nitrogen and oxygen atoms in total. The fourth-order valence-corrected chi connectivity index (χ4v) is 4.41. The number of hydrogen-bond donors (Lipinski definition) is 0. The van der Waals surface area contributed by atoms with Crippen molar-refractivity contribution in [3.05, 3.63) is 88.0 Å². The van der Waals surface area contributed by atoms with Crippen LogP contribution in [0.15, 0.2) is 54.7 Å². The third-order valence-corrected chi connectivity index (χ3v) is 6.38. The van der Waals surface area contributed by atoms with Crippen LogP contribution in [-0.2, 0) is 19.4 Å². The number of fused-ring (bicyclic) bond motifs is 1. The largest absolute Gasteiger partial charge is 0.337 e. The average molecular weight is 452 g/mol. The summed E-state index contributed by atoms with van der Waals surface area (Å²) < 4.78 is 13.8. The van der Waals surface area contributed by atoms with Crippen molar-refractivity contribution < 1.29 is 9.18 Å². The molecule has 0 saturated carbocycles. The minimum absolute atomic E-state index is 0.0816. The molecule has 6 heteroatoms. The molecule has 1 aliphatic rings. The van der Waals surface area contributed by atoms with Crippen molar-refractivity contribution in [2.24, 2.45) is 0 Å². The highest BCUT2D eigenvalue weighted by Gasteiger charge is 2.26. The summed E-state index contributed by atoms with van der Waals surface area (Å²) in [6.07, 6.45) is 4.35. The maximum atomic E-state index is 13.8. The van der Waals surface area contributed by atoms with Crippen LogP contribution in [0.2, 0.25) is 5.02 Å². The van der Waals surface area contributed by atoms with Gasteiger partial charge in [0, 0.05) is 31.4 Å². The summed E-state index contributed by atoms with van der Waals surface area (Å²) in [5.41, 5.74) is 5.82. The van der Waals surface area contributed by atoms with Crippen molar-refractivity contribution in [2.75, 3.05) is 21.1 Å². The lowest BCUT2D eigenvalue weighted by Crippen LogP contribution is -2.41. The number of carbonyl (C=O) groups excluding carboxylic acids is 1. The molecule has 166 valence electrons. The molecule has 0 bridgehead atoms. The number of aromatic nitrogens is 1. The second-order valence-corrected chi connectivity index (χ2v) is 9.12. The Kier molecular flexibility index (Phi) is 6.58. The van der Waals surface area contributed by atoms with Crippen molar-refractivity contribution in [3.63, 3.8) is 0 Å². The Morgan fingerprint density at radius 1 is 1.06 bits per heavy atom. The van der Waals surface area contributed by atoms with E-state index in [9.17, 15) is 9.18 Å². The highest BCUT2D eigenvalue weighted by Crippen LogP contribution is 2.27. The molecule has 0 saturated heterocycles. The minimum Gasteiger partial charge on any atom is -0.337 e. The topological polar surface area (TPSA) is 36.4 Å². The van der Waals surface area contributed by atoms with Gasteiger partial charge in [-0.05, 0) is 73.8 Å². The van der Waals surface area contributed by atoms with E-state index in [-0.39, 0.29) is 17.0 Å². The summed E-state index contributed by atoms with van der Waals surface area (Å²) in [4.78, 5) is 21.4. The number of aryl methyl sites for hydroxylation is 1. The van der Waals surface area contributed by atoms with Crippen LogP contribution in [0.4, 0.5) is 4.39 Å². The molecule has 0 radical (unpaired) electrons. The maximum absolute atomic E-state index is 13.8. The van der Waals surface area contributed by atoms with Crippen molar-refractivity contribution in [2.45, 2.75) is 31.8 Å². The highest BCUT2D eigenvalue weighted by molar-refractivity contribution is 6.30. The molecule has 4 rings (SSSR count). The normalized spacial score (nSPS) is 15.5. The molecule has 0 N–H and O–H groups in total. The first-order chi connectivity index (χ1) is 15.3. The second kappa shape index (κ2) is 9.39. The Bertz CT molecular complexity index is 1130. The number of hydrogen-bond acceptors (Lipinski definition) is 3. The lowest BCUT2D eigenvalue weighted by Gasteiger charge is -2.32. The first-order valence-corrected chi connectivity index (χ1v) is 11.1. The van der Waals surface area contributed by atoms with E-state index < -0.39 is 5.82 Å². The molecule has 0 spiro atoms. The highest BCUT2D eigenvalue weighted by atomic mass is 35.5. The molecule has 0 fully saturated rings. The van der Waals surface area contributed by atoms with E-state index >= 15 is 0 Å². The number of likely N-dealkylation sites (N-methyl/N-ethyl adjacent to an activating group) is 1. The summed E-state index contributed by atoms with van der Waals surface area (Å²) >= 11 is 5.76. The molecule has 1 aromatic heterocycles. The van der Waals surface area contributed by atoms with Gasteiger partial charge in [-0.2, -0.15) is 0 Å². The molecular formula is C26H27ClFN3O. The lowest BCUT2D eigenvalue weighted by atomic mass is 9.86. The van der Waals surface area contributed by atoms with E-state index in [0.717, 1.165) is 31.4 Å². The van der Waals surface area contributed by atoms with Crippen LogP contribution in [0.5, 0.6) is 0 Å². The molecule has 2 aromatic carbocycles. The van der Waals surface area contributed by atoms with E-state index in [2.05, 4.69) is 42.2 Å². The molecule has 1 amide bonds. The van der Waals surface area contributed by atoms with Crippen LogP contribution in [0.1, 0.15) is 33.6 Å². The van der Waals surface area contributed by atoms with Crippen molar-refractivity contribution in [3.8, 4) is 11.1 Å². The summed E-state index contributed by atoms with van der Waals surface area (Å²) in [6.45, 7) is 0.930. The molecule has 0 aliphatic heterocycles. The molecule has 1 unspecified atom stereocenters. The van der Waals surface area contributed by atoms with Gasteiger partial charge < -0.3 is 9.80 Å². The van der Waals surface area contributed by atoms with Gasteiger partial charge in [0.15, 0.2) is 0 Å². The number of halogens is 2. The fourth-order valence-electron chi connectivity index (χ4n) is 4.30. The van der Waals surface area contributed by atoms with Crippen LogP contribution in [0.3, 0.4) is 0 Å². The van der Waals surface area contributed by atoms with Gasteiger partial charge >= 0.3 is 0 Å². The SMILES string of the molecule is CN(C)Cc1ccc2c(c1)CCC(N(C)C(=O)c1ccc(-c3ccc(Cl)c(F)c3)cn1)C2. The van der Waals surface area contributed by atoms with Gasteiger partial charge in [-0.3, -0.25) is 9.78 Å². The van der Waals surface area contributed by atoms with Crippen molar-refractivity contribution in [1.82, 2.24) is 14.8 Å².